The lowest BCUT2D eigenvalue weighted by Gasteiger charge is -2.18. The highest BCUT2D eigenvalue weighted by molar-refractivity contribution is 5.80. The van der Waals surface area contributed by atoms with Crippen molar-refractivity contribution in [2.24, 2.45) is 0 Å². The van der Waals surface area contributed by atoms with Crippen LogP contribution in [0.3, 0.4) is 0 Å². The van der Waals surface area contributed by atoms with Crippen LogP contribution in [0.5, 0.6) is 5.75 Å². The minimum absolute atomic E-state index is 0.0846. The normalized spacial score (nSPS) is 13.5. The number of methoxy groups -OCH3 is 1. The summed E-state index contributed by atoms with van der Waals surface area (Å²) in [6.45, 7) is 1.67. The Hall–Kier alpha value is -1.92. The molecule has 0 heterocycles. The van der Waals surface area contributed by atoms with E-state index in [1.54, 1.807) is 6.92 Å². The van der Waals surface area contributed by atoms with Gasteiger partial charge < -0.3 is 19.7 Å². The van der Waals surface area contributed by atoms with Crippen molar-refractivity contribution in [3.05, 3.63) is 29.3 Å². The first-order valence-electron chi connectivity index (χ1n) is 5.71. The lowest BCUT2D eigenvalue weighted by Crippen LogP contribution is -2.30. The van der Waals surface area contributed by atoms with Gasteiger partial charge in [0, 0.05) is 5.56 Å². The standard InChI is InChI=1S/C13H16O6/c1-3-19-13(17)12(16)11(15)10-6-9(18-2)5-4-8(10)7-14/h4-7,11-12,15-16H,3H2,1-2H3. The Balaban J connectivity index is 3.06. The van der Waals surface area contributed by atoms with E-state index in [1.165, 1.54) is 25.3 Å². The highest BCUT2D eigenvalue weighted by Gasteiger charge is 2.28. The molecule has 0 bridgehead atoms. The molecule has 0 aliphatic carbocycles. The number of aliphatic hydroxyl groups excluding tert-OH is 2. The van der Waals surface area contributed by atoms with Crippen molar-refractivity contribution >= 4 is 12.3 Å². The van der Waals surface area contributed by atoms with Crippen LogP contribution in [-0.2, 0) is 9.53 Å². The minimum Gasteiger partial charge on any atom is -0.497 e. The summed E-state index contributed by atoms with van der Waals surface area (Å²) in [6.07, 6.45) is -2.80. The van der Waals surface area contributed by atoms with Crippen molar-refractivity contribution in [3.63, 3.8) is 0 Å². The molecular formula is C13H16O6. The van der Waals surface area contributed by atoms with E-state index in [1.807, 2.05) is 0 Å². The van der Waals surface area contributed by atoms with Gasteiger partial charge in [0.25, 0.3) is 0 Å². The van der Waals surface area contributed by atoms with Crippen molar-refractivity contribution in [3.8, 4) is 5.75 Å². The first-order chi connectivity index (χ1) is 9.04. The fourth-order valence-electron chi connectivity index (χ4n) is 1.57. The number of hydrogen-bond donors (Lipinski definition) is 2. The molecule has 0 saturated heterocycles. The molecule has 0 saturated carbocycles. The highest BCUT2D eigenvalue weighted by Crippen LogP contribution is 2.25. The predicted octanol–water partition coefficient (Wildman–Crippen LogP) is 0.465. The van der Waals surface area contributed by atoms with Crippen molar-refractivity contribution < 1.29 is 29.3 Å². The number of hydrogen-bond acceptors (Lipinski definition) is 6. The van der Waals surface area contributed by atoms with Crippen molar-refractivity contribution in [2.75, 3.05) is 13.7 Å². The van der Waals surface area contributed by atoms with E-state index in [2.05, 4.69) is 4.74 Å². The Bertz CT molecular complexity index is 456. The largest absolute Gasteiger partial charge is 0.497 e. The molecule has 1 rings (SSSR count). The summed E-state index contributed by atoms with van der Waals surface area (Å²) in [5.41, 5.74) is 0.270. The van der Waals surface area contributed by atoms with Gasteiger partial charge in [-0.15, -0.1) is 0 Å². The van der Waals surface area contributed by atoms with Crippen LogP contribution < -0.4 is 4.74 Å². The van der Waals surface area contributed by atoms with Crippen LogP contribution in [0, 0.1) is 0 Å². The average molecular weight is 268 g/mol. The first kappa shape index (κ1) is 15.1. The molecule has 0 spiro atoms. The Morgan fingerprint density at radius 3 is 2.63 bits per heavy atom. The summed E-state index contributed by atoms with van der Waals surface area (Å²) in [4.78, 5) is 22.3. The van der Waals surface area contributed by atoms with Gasteiger partial charge in [0.15, 0.2) is 6.10 Å². The Morgan fingerprint density at radius 2 is 2.11 bits per heavy atom. The zero-order chi connectivity index (χ0) is 14.4. The summed E-state index contributed by atoms with van der Waals surface area (Å²) < 4.78 is 9.58. The number of ether oxygens (including phenoxy) is 2. The summed E-state index contributed by atoms with van der Waals surface area (Å²) in [5, 5.41) is 19.6. The summed E-state index contributed by atoms with van der Waals surface area (Å²) >= 11 is 0. The number of carbonyl (C=O) groups is 2. The third kappa shape index (κ3) is 3.52. The molecule has 2 N–H and O–H groups in total. The molecular weight excluding hydrogens is 252 g/mol. The maximum Gasteiger partial charge on any atom is 0.338 e. The molecule has 0 radical (unpaired) electrons. The number of aliphatic hydroxyl groups is 2. The van der Waals surface area contributed by atoms with Gasteiger partial charge in [0.1, 0.15) is 18.1 Å². The van der Waals surface area contributed by atoms with Crippen molar-refractivity contribution in [1.82, 2.24) is 0 Å². The Kier molecular flexibility index (Phi) is 5.47. The Labute approximate surface area is 110 Å². The molecule has 2 unspecified atom stereocenters. The maximum absolute atomic E-state index is 11.4. The smallest absolute Gasteiger partial charge is 0.338 e. The van der Waals surface area contributed by atoms with Crippen LogP contribution in [0.15, 0.2) is 18.2 Å². The SMILES string of the molecule is CCOC(=O)C(O)C(O)c1cc(OC)ccc1C=O. The van der Waals surface area contributed by atoms with Crippen molar-refractivity contribution in [1.29, 1.82) is 0 Å². The fourth-order valence-corrected chi connectivity index (χ4v) is 1.57. The summed E-state index contributed by atoms with van der Waals surface area (Å²) in [7, 11) is 1.42. The van der Waals surface area contributed by atoms with E-state index >= 15 is 0 Å². The predicted molar refractivity (Wildman–Crippen MR) is 66.0 cm³/mol. The van der Waals surface area contributed by atoms with Crippen LogP contribution in [0.4, 0.5) is 0 Å². The second kappa shape index (κ2) is 6.86. The Morgan fingerprint density at radius 1 is 1.42 bits per heavy atom. The molecule has 1 aromatic carbocycles. The molecule has 104 valence electrons. The van der Waals surface area contributed by atoms with Gasteiger partial charge in [-0.05, 0) is 30.7 Å². The fraction of sp³-hybridized carbons (Fsp3) is 0.385. The number of esters is 1. The minimum atomic E-state index is -1.76. The summed E-state index contributed by atoms with van der Waals surface area (Å²) in [6, 6.07) is 4.36. The second-order valence-electron chi connectivity index (χ2n) is 3.75. The molecule has 0 aliphatic rings. The number of carbonyl (C=O) groups excluding carboxylic acids is 2. The monoisotopic (exact) mass is 268 g/mol. The maximum atomic E-state index is 11.4. The molecule has 6 nitrogen and oxygen atoms in total. The first-order valence-corrected chi connectivity index (χ1v) is 5.71. The van der Waals surface area contributed by atoms with E-state index < -0.39 is 18.2 Å². The average Bonchev–Trinajstić information content (AvgIpc) is 2.45. The van der Waals surface area contributed by atoms with E-state index in [0.717, 1.165) is 0 Å². The van der Waals surface area contributed by atoms with Gasteiger partial charge >= 0.3 is 5.97 Å². The van der Waals surface area contributed by atoms with Crippen molar-refractivity contribution in [2.45, 2.75) is 19.1 Å². The molecule has 6 heteroatoms. The van der Waals surface area contributed by atoms with Gasteiger partial charge in [-0.3, -0.25) is 4.79 Å². The van der Waals surface area contributed by atoms with Gasteiger partial charge in [0.2, 0.25) is 0 Å². The van der Waals surface area contributed by atoms with E-state index in [4.69, 9.17) is 4.74 Å². The quantitative estimate of drug-likeness (QED) is 0.575. The lowest BCUT2D eigenvalue weighted by molar-refractivity contribution is -0.159. The zero-order valence-corrected chi connectivity index (χ0v) is 10.7. The van der Waals surface area contributed by atoms with Gasteiger partial charge in [-0.1, -0.05) is 0 Å². The number of rotatable bonds is 6. The number of benzene rings is 1. The third-order valence-corrected chi connectivity index (χ3v) is 2.57. The lowest BCUT2D eigenvalue weighted by atomic mass is 9.99. The van der Waals surface area contributed by atoms with Crippen LogP contribution in [0.1, 0.15) is 28.9 Å². The van der Waals surface area contributed by atoms with Crippen LogP contribution in [0.2, 0.25) is 0 Å². The molecule has 1 aromatic rings. The third-order valence-electron chi connectivity index (χ3n) is 2.57. The molecule has 0 aromatic heterocycles. The van der Waals surface area contributed by atoms with Gasteiger partial charge in [-0.2, -0.15) is 0 Å². The number of aldehydes is 1. The molecule has 0 amide bonds. The van der Waals surface area contributed by atoms with E-state index in [0.29, 0.717) is 12.0 Å². The van der Waals surface area contributed by atoms with Crippen LogP contribution >= 0.6 is 0 Å². The molecule has 19 heavy (non-hydrogen) atoms. The van der Waals surface area contributed by atoms with Gasteiger partial charge in [-0.25, -0.2) is 4.79 Å². The molecule has 2 atom stereocenters. The molecule has 0 aliphatic heterocycles. The van der Waals surface area contributed by atoms with E-state index in [9.17, 15) is 19.8 Å². The van der Waals surface area contributed by atoms with Gasteiger partial charge in [0.05, 0.1) is 13.7 Å². The zero-order valence-electron chi connectivity index (χ0n) is 10.7. The highest BCUT2D eigenvalue weighted by atomic mass is 16.5. The van der Waals surface area contributed by atoms with Crippen LogP contribution in [-0.4, -0.2) is 42.3 Å². The van der Waals surface area contributed by atoms with Crippen LogP contribution in [0.25, 0.3) is 0 Å². The topological polar surface area (TPSA) is 93.1 Å². The van der Waals surface area contributed by atoms with E-state index in [-0.39, 0.29) is 17.7 Å². The summed E-state index contributed by atoms with van der Waals surface area (Å²) in [5.74, 6) is -0.551. The molecule has 0 fully saturated rings. The second-order valence-corrected chi connectivity index (χ2v) is 3.75.